The first-order chi connectivity index (χ1) is 14.5. The fourth-order valence-corrected chi connectivity index (χ4v) is 3.99. The fourth-order valence-electron chi connectivity index (χ4n) is 3.99. The zero-order valence-electron chi connectivity index (χ0n) is 17.4. The predicted molar refractivity (Wildman–Crippen MR) is 122 cm³/mol. The van der Waals surface area contributed by atoms with Crippen LogP contribution in [0.1, 0.15) is 42.9 Å². The van der Waals surface area contributed by atoms with E-state index in [1.54, 1.807) is 12.1 Å². The molecule has 0 radical (unpaired) electrons. The normalized spacial score (nSPS) is 12.0. The summed E-state index contributed by atoms with van der Waals surface area (Å²) < 4.78 is 15.8. The first kappa shape index (κ1) is 19.8. The molecular formula is C27H24FNO. The van der Waals surface area contributed by atoms with E-state index < -0.39 is 0 Å². The van der Waals surface area contributed by atoms with Crippen LogP contribution in [0.2, 0.25) is 0 Å². The van der Waals surface area contributed by atoms with Gasteiger partial charge in [0, 0.05) is 28.1 Å². The zero-order valence-corrected chi connectivity index (χ0v) is 17.4. The van der Waals surface area contributed by atoms with Gasteiger partial charge in [-0.05, 0) is 56.2 Å². The molecule has 1 aromatic heterocycles. The van der Waals surface area contributed by atoms with E-state index in [1.807, 2.05) is 55.5 Å². The van der Waals surface area contributed by atoms with E-state index in [1.165, 1.54) is 12.1 Å². The predicted octanol–water partition coefficient (Wildman–Crippen LogP) is 7.31. The first-order valence-corrected chi connectivity index (χ1v) is 10.1. The van der Waals surface area contributed by atoms with E-state index in [-0.39, 0.29) is 17.6 Å². The van der Waals surface area contributed by atoms with Gasteiger partial charge >= 0.3 is 0 Å². The molecule has 2 nitrogen and oxygen atoms in total. The Morgan fingerprint density at radius 1 is 0.900 bits per heavy atom. The Morgan fingerprint density at radius 2 is 1.53 bits per heavy atom. The maximum Gasteiger partial charge on any atom is 0.188 e. The number of para-hydroxylation sites is 1. The average Bonchev–Trinajstić information content (AvgIpc) is 3.08. The summed E-state index contributed by atoms with van der Waals surface area (Å²) in [6, 6.07) is 24.3. The Bertz CT molecular complexity index is 1230. The molecule has 0 saturated heterocycles. The number of aromatic nitrogens is 1. The van der Waals surface area contributed by atoms with Gasteiger partial charge in [-0.25, -0.2) is 4.39 Å². The number of hydrogen-bond acceptors (Lipinski definition) is 1. The lowest BCUT2D eigenvalue weighted by atomic mass is 9.98. The quantitative estimate of drug-likeness (QED) is 0.255. The number of hydrogen-bond donors (Lipinski definition) is 0. The van der Waals surface area contributed by atoms with Crippen LogP contribution in [0, 0.1) is 5.82 Å². The summed E-state index contributed by atoms with van der Waals surface area (Å²) in [7, 11) is 0. The molecule has 0 bridgehead atoms. The van der Waals surface area contributed by atoms with E-state index in [0.717, 1.165) is 27.7 Å². The molecule has 0 saturated carbocycles. The highest BCUT2D eigenvalue weighted by atomic mass is 19.1. The second kappa shape index (κ2) is 8.11. The van der Waals surface area contributed by atoms with Gasteiger partial charge in [-0.15, -0.1) is 0 Å². The van der Waals surface area contributed by atoms with E-state index in [9.17, 15) is 9.18 Å². The molecule has 3 heteroatoms. The fraction of sp³-hybridized carbons (Fsp3) is 0.148. The van der Waals surface area contributed by atoms with Crippen LogP contribution < -0.4 is 0 Å². The van der Waals surface area contributed by atoms with Gasteiger partial charge in [-0.3, -0.25) is 4.79 Å². The van der Waals surface area contributed by atoms with Crippen LogP contribution in [-0.4, -0.2) is 10.4 Å². The molecule has 0 N–H and O–H groups in total. The molecule has 4 rings (SSSR count). The summed E-state index contributed by atoms with van der Waals surface area (Å²) >= 11 is 0. The molecule has 0 atom stereocenters. The van der Waals surface area contributed by atoms with Gasteiger partial charge in [0.15, 0.2) is 5.78 Å². The lowest BCUT2D eigenvalue weighted by molar-refractivity contribution is 0.103. The van der Waals surface area contributed by atoms with Crippen molar-refractivity contribution in [3.05, 3.63) is 102 Å². The van der Waals surface area contributed by atoms with Crippen LogP contribution in [0.5, 0.6) is 0 Å². The van der Waals surface area contributed by atoms with Crippen LogP contribution >= 0.6 is 0 Å². The highest BCUT2D eigenvalue weighted by molar-refractivity contribution is 6.12. The molecule has 0 aliphatic rings. The van der Waals surface area contributed by atoms with Crippen LogP contribution in [0.15, 0.2) is 84.4 Å². The monoisotopic (exact) mass is 397 g/mol. The summed E-state index contributed by atoms with van der Waals surface area (Å²) in [6.07, 6.45) is 1.97. The number of allylic oxidation sites excluding steroid dienone is 1. The number of halogens is 1. The third-order valence-electron chi connectivity index (χ3n) is 5.35. The molecule has 0 fully saturated rings. The van der Waals surface area contributed by atoms with E-state index in [0.29, 0.717) is 11.1 Å². The van der Waals surface area contributed by atoms with Gasteiger partial charge in [-0.1, -0.05) is 60.7 Å². The first-order valence-electron chi connectivity index (χ1n) is 10.1. The molecule has 0 aliphatic carbocycles. The van der Waals surface area contributed by atoms with Crippen LogP contribution in [0.3, 0.4) is 0 Å². The molecule has 0 unspecified atom stereocenters. The Balaban J connectivity index is 1.98. The minimum Gasteiger partial charge on any atom is -0.338 e. The van der Waals surface area contributed by atoms with Crippen molar-refractivity contribution in [1.29, 1.82) is 0 Å². The molecule has 0 aliphatic heterocycles. The van der Waals surface area contributed by atoms with Crippen molar-refractivity contribution in [3.63, 3.8) is 0 Å². The molecule has 30 heavy (non-hydrogen) atoms. The van der Waals surface area contributed by atoms with Crippen molar-refractivity contribution in [2.45, 2.75) is 26.8 Å². The summed E-state index contributed by atoms with van der Waals surface area (Å²) in [5.74, 6) is -0.264. The molecule has 0 spiro atoms. The molecule has 4 aromatic rings. The summed E-state index contributed by atoms with van der Waals surface area (Å²) in [6.45, 7) is 6.12. The second-order valence-electron chi connectivity index (χ2n) is 7.77. The van der Waals surface area contributed by atoms with Crippen molar-refractivity contribution < 1.29 is 9.18 Å². The number of ketones is 1. The smallest absolute Gasteiger partial charge is 0.188 e. The van der Waals surface area contributed by atoms with Crippen molar-refractivity contribution in [2.24, 2.45) is 0 Å². The third-order valence-corrected chi connectivity index (χ3v) is 5.35. The molecule has 150 valence electrons. The number of benzene rings is 3. The number of fused-ring (bicyclic) bond motifs is 1. The van der Waals surface area contributed by atoms with Gasteiger partial charge in [0.25, 0.3) is 0 Å². The van der Waals surface area contributed by atoms with E-state index >= 15 is 0 Å². The lowest BCUT2D eigenvalue weighted by Crippen LogP contribution is -2.05. The van der Waals surface area contributed by atoms with E-state index in [2.05, 4.69) is 30.5 Å². The number of carbonyl (C=O) groups is 1. The maximum atomic E-state index is 13.6. The lowest BCUT2D eigenvalue weighted by Gasteiger charge is -2.14. The Labute approximate surface area is 176 Å². The summed E-state index contributed by atoms with van der Waals surface area (Å²) in [5.41, 5.74) is 5.33. The van der Waals surface area contributed by atoms with Crippen molar-refractivity contribution in [3.8, 4) is 11.1 Å². The number of rotatable bonds is 5. The standard InChI is InChI=1S/C27H24FNO/c1-18(2)29-24-12-8-7-11-23(24)26(20-13-15-22(28)16-14-20)25(29)17-19(3)27(30)21-9-5-4-6-10-21/h4-18H,1-3H3. The molecular weight excluding hydrogens is 373 g/mol. The molecule has 0 amide bonds. The van der Waals surface area contributed by atoms with Crippen LogP contribution in [0.4, 0.5) is 4.39 Å². The minimum absolute atomic E-state index is 0.00113. The number of Topliss-reactive ketones (excluding diaryl/α,β-unsaturated/α-hetero) is 1. The van der Waals surface area contributed by atoms with Crippen LogP contribution in [0.25, 0.3) is 28.1 Å². The Kier molecular flexibility index (Phi) is 5.37. The third kappa shape index (κ3) is 3.59. The average molecular weight is 397 g/mol. The van der Waals surface area contributed by atoms with Crippen molar-refractivity contribution >= 4 is 22.8 Å². The highest BCUT2D eigenvalue weighted by Gasteiger charge is 2.20. The van der Waals surface area contributed by atoms with Gasteiger partial charge in [-0.2, -0.15) is 0 Å². The van der Waals surface area contributed by atoms with Crippen molar-refractivity contribution in [2.75, 3.05) is 0 Å². The summed E-state index contributed by atoms with van der Waals surface area (Å²) in [5, 5.41) is 1.09. The van der Waals surface area contributed by atoms with Crippen molar-refractivity contribution in [1.82, 2.24) is 4.57 Å². The maximum absolute atomic E-state index is 13.6. The van der Waals surface area contributed by atoms with Gasteiger partial charge < -0.3 is 4.57 Å². The largest absolute Gasteiger partial charge is 0.338 e. The zero-order chi connectivity index (χ0) is 21.3. The number of nitrogens with zero attached hydrogens (tertiary/aromatic N) is 1. The molecule has 1 heterocycles. The number of carbonyl (C=O) groups excluding carboxylic acids is 1. The second-order valence-corrected chi connectivity index (χ2v) is 7.77. The van der Waals surface area contributed by atoms with Gasteiger partial charge in [0.05, 0.1) is 5.69 Å². The Hall–Kier alpha value is -3.46. The van der Waals surface area contributed by atoms with Gasteiger partial charge in [0.2, 0.25) is 0 Å². The Morgan fingerprint density at radius 3 is 2.20 bits per heavy atom. The topological polar surface area (TPSA) is 22.0 Å². The highest BCUT2D eigenvalue weighted by Crippen LogP contribution is 2.38. The van der Waals surface area contributed by atoms with E-state index in [4.69, 9.17) is 0 Å². The van der Waals surface area contributed by atoms with Gasteiger partial charge in [0.1, 0.15) is 5.82 Å². The summed E-state index contributed by atoms with van der Waals surface area (Å²) in [4.78, 5) is 13.0. The minimum atomic E-state index is -0.265. The SMILES string of the molecule is CC(=Cc1c(-c2ccc(F)cc2)c2ccccc2n1C(C)C)C(=O)c1ccccc1. The van der Waals surface area contributed by atoms with Crippen LogP contribution in [-0.2, 0) is 0 Å². The molecule has 3 aromatic carbocycles.